The molecule has 0 aliphatic carbocycles. The van der Waals surface area contributed by atoms with Crippen molar-refractivity contribution in [3.63, 3.8) is 0 Å². The number of esters is 1. The third kappa shape index (κ3) is 2.62. The normalized spacial score (nSPS) is 18.1. The molecule has 0 saturated carbocycles. The Morgan fingerprint density at radius 2 is 1.89 bits per heavy atom. The van der Waals surface area contributed by atoms with Gasteiger partial charge in [0.25, 0.3) is 0 Å². The fourth-order valence-electron chi connectivity index (χ4n) is 2.16. The number of hydrogen-bond donors (Lipinski definition) is 0. The zero-order valence-corrected chi connectivity index (χ0v) is 10.6. The van der Waals surface area contributed by atoms with Gasteiger partial charge >= 0.3 is 5.97 Å². The molecule has 0 bridgehead atoms. The van der Waals surface area contributed by atoms with Crippen LogP contribution in [-0.2, 0) is 19.9 Å². The maximum Gasteiger partial charge on any atom is 0.334 e. The van der Waals surface area contributed by atoms with Gasteiger partial charge in [0, 0.05) is 18.4 Å². The average Bonchev–Trinajstić information content (AvgIpc) is 2.40. The number of rotatable bonds is 3. The zero-order chi connectivity index (χ0) is 13.0. The third-order valence-corrected chi connectivity index (χ3v) is 3.24. The van der Waals surface area contributed by atoms with Crippen LogP contribution in [0.2, 0.25) is 0 Å². The molecule has 1 aliphatic rings. The molecule has 1 fully saturated rings. The van der Waals surface area contributed by atoms with Gasteiger partial charge in [-0.3, -0.25) is 0 Å². The van der Waals surface area contributed by atoms with Gasteiger partial charge in [-0.2, -0.15) is 0 Å². The van der Waals surface area contributed by atoms with E-state index in [1.807, 2.05) is 30.3 Å². The van der Waals surface area contributed by atoms with Crippen LogP contribution in [0.4, 0.5) is 0 Å². The van der Waals surface area contributed by atoms with Crippen molar-refractivity contribution >= 4 is 5.97 Å². The van der Waals surface area contributed by atoms with Crippen molar-refractivity contribution in [2.75, 3.05) is 13.2 Å². The summed E-state index contributed by atoms with van der Waals surface area (Å²) in [6.45, 7) is 6.53. The standard InChI is InChI=1S/C15H18O3/c1-12(2)14(16)18-15(8-10-17-11-9-15)13-6-4-3-5-7-13/h3-7H,1,8-11H2,2H3. The average molecular weight is 246 g/mol. The monoisotopic (exact) mass is 246 g/mol. The molecule has 1 aromatic carbocycles. The van der Waals surface area contributed by atoms with Crippen LogP contribution in [0.1, 0.15) is 25.3 Å². The molecule has 3 nitrogen and oxygen atoms in total. The van der Waals surface area contributed by atoms with Gasteiger partial charge in [-0.05, 0) is 12.5 Å². The maximum absolute atomic E-state index is 11.8. The Bertz CT molecular complexity index is 430. The van der Waals surface area contributed by atoms with Gasteiger partial charge in [0.05, 0.1) is 13.2 Å². The van der Waals surface area contributed by atoms with Crippen molar-refractivity contribution < 1.29 is 14.3 Å². The highest BCUT2D eigenvalue weighted by molar-refractivity contribution is 5.87. The van der Waals surface area contributed by atoms with Crippen LogP contribution in [0, 0.1) is 0 Å². The van der Waals surface area contributed by atoms with Crippen molar-refractivity contribution in [2.45, 2.75) is 25.4 Å². The molecular formula is C15H18O3. The fourth-order valence-corrected chi connectivity index (χ4v) is 2.16. The molecule has 18 heavy (non-hydrogen) atoms. The van der Waals surface area contributed by atoms with E-state index in [0.29, 0.717) is 31.6 Å². The SMILES string of the molecule is C=C(C)C(=O)OC1(c2ccccc2)CCOCC1. The first-order valence-electron chi connectivity index (χ1n) is 6.16. The number of carbonyl (C=O) groups excluding carboxylic acids is 1. The quantitative estimate of drug-likeness (QED) is 0.607. The van der Waals surface area contributed by atoms with Crippen LogP contribution >= 0.6 is 0 Å². The summed E-state index contributed by atoms with van der Waals surface area (Å²) in [5.74, 6) is -0.333. The minimum Gasteiger partial charge on any atom is -0.451 e. The van der Waals surface area contributed by atoms with E-state index in [4.69, 9.17) is 9.47 Å². The summed E-state index contributed by atoms with van der Waals surface area (Å²) in [5.41, 5.74) is 0.898. The van der Waals surface area contributed by atoms with Gasteiger partial charge in [0.2, 0.25) is 0 Å². The summed E-state index contributed by atoms with van der Waals surface area (Å²) in [7, 11) is 0. The Balaban J connectivity index is 2.29. The number of benzene rings is 1. The summed E-state index contributed by atoms with van der Waals surface area (Å²) in [4.78, 5) is 11.8. The molecule has 0 radical (unpaired) electrons. The first kappa shape index (κ1) is 12.8. The van der Waals surface area contributed by atoms with Crippen molar-refractivity contribution in [1.29, 1.82) is 0 Å². The Hall–Kier alpha value is -1.61. The minimum atomic E-state index is -0.560. The van der Waals surface area contributed by atoms with Crippen molar-refractivity contribution in [1.82, 2.24) is 0 Å². The van der Waals surface area contributed by atoms with E-state index < -0.39 is 5.60 Å². The highest BCUT2D eigenvalue weighted by Crippen LogP contribution is 2.36. The Labute approximate surface area is 107 Å². The lowest BCUT2D eigenvalue weighted by atomic mass is 9.86. The highest BCUT2D eigenvalue weighted by atomic mass is 16.6. The fraction of sp³-hybridized carbons (Fsp3) is 0.400. The van der Waals surface area contributed by atoms with Crippen LogP contribution in [0.3, 0.4) is 0 Å². The second kappa shape index (κ2) is 5.36. The molecule has 0 amide bonds. The van der Waals surface area contributed by atoms with Crippen LogP contribution in [0.15, 0.2) is 42.5 Å². The van der Waals surface area contributed by atoms with Crippen LogP contribution in [0.25, 0.3) is 0 Å². The molecule has 0 N–H and O–H groups in total. The van der Waals surface area contributed by atoms with E-state index in [0.717, 1.165) is 5.56 Å². The molecule has 1 saturated heterocycles. The zero-order valence-electron chi connectivity index (χ0n) is 10.6. The van der Waals surface area contributed by atoms with Gasteiger partial charge in [0.1, 0.15) is 5.60 Å². The lowest BCUT2D eigenvalue weighted by Crippen LogP contribution is -2.38. The highest BCUT2D eigenvalue weighted by Gasteiger charge is 2.38. The van der Waals surface area contributed by atoms with Gasteiger partial charge in [0.15, 0.2) is 0 Å². The molecule has 0 spiro atoms. The van der Waals surface area contributed by atoms with Crippen LogP contribution in [0.5, 0.6) is 0 Å². The lowest BCUT2D eigenvalue weighted by Gasteiger charge is -2.37. The third-order valence-electron chi connectivity index (χ3n) is 3.24. The molecular weight excluding hydrogens is 228 g/mol. The van der Waals surface area contributed by atoms with Gasteiger partial charge in [-0.1, -0.05) is 36.9 Å². The first-order valence-corrected chi connectivity index (χ1v) is 6.16. The number of hydrogen-bond acceptors (Lipinski definition) is 3. The summed E-state index contributed by atoms with van der Waals surface area (Å²) < 4.78 is 11.1. The number of carbonyl (C=O) groups is 1. The van der Waals surface area contributed by atoms with Gasteiger partial charge < -0.3 is 9.47 Å². The molecule has 96 valence electrons. The van der Waals surface area contributed by atoms with E-state index in [-0.39, 0.29) is 5.97 Å². The van der Waals surface area contributed by atoms with E-state index >= 15 is 0 Å². The van der Waals surface area contributed by atoms with E-state index in [1.165, 1.54) is 0 Å². The van der Waals surface area contributed by atoms with Gasteiger partial charge in [-0.15, -0.1) is 0 Å². The molecule has 1 aromatic rings. The predicted octanol–water partition coefficient (Wildman–Crippen LogP) is 2.81. The van der Waals surface area contributed by atoms with E-state index in [9.17, 15) is 4.79 Å². The summed E-state index contributed by atoms with van der Waals surface area (Å²) in [6.07, 6.45) is 1.38. The molecule has 0 atom stereocenters. The topological polar surface area (TPSA) is 35.5 Å². The smallest absolute Gasteiger partial charge is 0.334 e. The van der Waals surface area contributed by atoms with E-state index in [2.05, 4.69) is 6.58 Å². The van der Waals surface area contributed by atoms with E-state index in [1.54, 1.807) is 6.92 Å². The van der Waals surface area contributed by atoms with Crippen molar-refractivity contribution in [2.24, 2.45) is 0 Å². The Morgan fingerprint density at radius 1 is 1.28 bits per heavy atom. The summed E-state index contributed by atoms with van der Waals surface area (Å²) in [6, 6.07) is 9.87. The van der Waals surface area contributed by atoms with Crippen LogP contribution in [-0.4, -0.2) is 19.2 Å². The van der Waals surface area contributed by atoms with Crippen molar-refractivity contribution in [3.05, 3.63) is 48.0 Å². The molecule has 0 aromatic heterocycles. The molecule has 0 unspecified atom stereocenters. The predicted molar refractivity (Wildman–Crippen MR) is 69.1 cm³/mol. The second-order valence-electron chi connectivity index (χ2n) is 4.64. The Morgan fingerprint density at radius 3 is 2.44 bits per heavy atom. The van der Waals surface area contributed by atoms with Crippen LogP contribution < -0.4 is 0 Å². The number of ether oxygens (including phenoxy) is 2. The lowest BCUT2D eigenvalue weighted by molar-refractivity contribution is -0.166. The Kier molecular flexibility index (Phi) is 3.82. The van der Waals surface area contributed by atoms with Gasteiger partial charge in [-0.25, -0.2) is 4.79 Å². The maximum atomic E-state index is 11.8. The first-order chi connectivity index (χ1) is 8.64. The summed E-state index contributed by atoms with van der Waals surface area (Å²) >= 11 is 0. The largest absolute Gasteiger partial charge is 0.451 e. The molecule has 3 heteroatoms. The summed E-state index contributed by atoms with van der Waals surface area (Å²) in [5, 5.41) is 0. The van der Waals surface area contributed by atoms with Crippen molar-refractivity contribution in [3.8, 4) is 0 Å². The molecule has 1 heterocycles. The second-order valence-corrected chi connectivity index (χ2v) is 4.64. The molecule has 1 aliphatic heterocycles. The minimum absolute atomic E-state index is 0.333. The molecule has 2 rings (SSSR count).